The van der Waals surface area contributed by atoms with Crippen LogP contribution in [0, 0.1) is 0 Å². The van der Waals surface area contributed by atoms with Gasteiger partial charge in [0.25, 0.3) is 0 Å². The molecule has 2 unspecified atom stereocenters. The van der Waals surface area contributed by atoms with E-state index in [1.807, 2.05) is 0 Å². The average Bonchev–Trinajstić information content (AvgIpc) is 2.58. The van der Waals surface area contributed by atoms with Crippen molar-refractivity contribution in [1.29, 1.82) is 0 Å². The van der Waals surface area contributed by atoms with Crippen LogP contribution in [0.4, 0.5) is 0 Å². The van der Waals surface area contributed by atoms with Crippen LogP contribution in [-0.2, 0) is 10.1 Å². The molecule has 1 N–H and O–H groups in total. The van der Waals surface area contributed by atoms with Crippen LogP contribution in [0.15, 0.2) is 0 Å². The fraction of sp³-hybridized carbons (Fsp3) is 1.00. The molecule has 0 fully saturated rings. The maximum Gasteiger partial charge on any atom is 1.00 e. The van der Waals surface area contributed by atoms with Gasteiger partial charge in [0, 0.05) is 5.25 Å². The third kappa shape index (κ3) is 19.9. The summed E-state index contributed by atoms with van der Waals surface area (Å²) in [5.74, 6) is 0. The van der Waals surface area contributed by atoms with E-state index in [4.69, 9.17) is 0 Å². The first kappa shape index (κ1) is 30.1. The molecule has 6 heteroatoms. The van der Waals surface area contributed by atoms with E-state index in [1.165, 1.54) is 44.9 Å². The summed E-state index contributed by atoms with van der Waals surface area (Å²) >= 11 is 0. The van der Waals surface area contributed by atoms with Crippen LogP contribution in [0.2, 0.25) is 0 Å². The van der Waals surface area contributed by atoms with Crippen molar-refractivity contribution in [3.05, 3.63) is 0 Å². The number of aliphatic hydroxyl groups excluding tert-OH is 1. The molecule has 0 aromatic heterocycles. The zero-order chi connectivity index (χ0) is 19.7. The molecule has 0 bridgehead atoms. The van der Waals surface area contributed by atoms with Crippen molar-refractivity contribution >= 4 is 10.1 Å². The molecule has 0 saturated heterocycles. The summed E-state index contributed by atoms with van der Waals surface area (Å²) in [5.41, 5.74) is 0. The van der Waals surface area contributed by atoms with Crippen molar-refractivity contribution in [2.75, 3.05) is 0 Å². The smallest absolute Gasteiger partial charge is 0.748 e. The minimum absolute atomic E-state index is 0. The SMILES string of the molecule is CCCCCCCCCCC(CCCC(O)CCCCCC)S(=O)(=O)[O-].[Na+]. The van der Waals surface area contributed by atoms with Crippen molar-refractivity contribution in [1.82, 2.24) is 0 Å². The molecule has 27 heavy (non-hydrogen) atoms. The number of hydrogen-bond acceptors (Lipinski definition) is 4. The molecular formula is C21H43NaO4S. The van der Waals surface area contributed by atoms with Crippen LogP contribution < -0.4 is 29.6 Å². The van der Waals surface area contributed by atoms with Crippen molar-refractivity contribution in [3.63, 3.8) is 0 Å². The third-order valence-corrected chi connectivity index (χ3v) is 6.53. The predicted molar refractivity (Wildman–Crippen MR) is 109 cm³/mol. The van der Waals surface area contributed by atoms with Gasteiger partial charge in [0.05, 0.1) is 16.2 Å². The molecule has 0 aliphatic heterocycles. The maximum atomic E-state index is 11.5. The van der Waals surface area contributed by atoms with Gasteiger partial charge in [-0.15, -0.1) is 0 Å². The second kappa shape index (κ2) is 20.2. The molecule has 0 spiro atoms. The predicted octanol–water partition coefficient (Wildman–Crippen LogP) is 2.94. The van der Waals surface area contributed by atoms with Gasteiger partial charge in [-0.05, 0) is 32.1 Å². The second-order valence-corrected chi connectivity index (χ2v) is 9.46. The van der Waals surface area contributed by atoms with E-state index < -0.39 is 15.4 Å². The number of unbranched alkanes of at least 4 members (excludes halogenated alkanes) is 10. The summed E-state index contributed by atoms with van der Waals surface area (Å²) in [6.07, 6.45) is 16.3. The van der Waals surface area contributed by atoms with Crippen molar-refractivity contribution in [3.8, 4) is 0 Å². The van der Waals surface area contributed by atoms with Gasteiger partial charge >= 0.3 is 29.6 Å². The molecule has 0 rings (SSSR count). The van der Waals surface area contributed by atoms with E-state index in [2.05, 4.69) is 13.8 Å². The van der Waals surface area contributed by atoms with Crippen LogP contribution in [-0.4, -0.2) is 29.4 Å². The molecule has 0 aromatic rings. The Morgan fingerprint density at radius 3 is 1.56 bits per heavy atom. The molecular weight excluding hydrogens is 371 g/mol. The molecule has 4 nitrogen and oxygen atoms in total. The standard InChI is InChI=1S/C21H44O4S.Na/c1-3-5-7-9-10-11-12-14-18-21(26(23,24)25)19-15-17-20(22)16-13-8-6-4-2;/h20-22H,3-19H2,1-2H3,(H,23,24,25);/q;+1/p-1. The molecule has 0 aliphatic carbocycles. The van der Waals surface area contributed by atoms with Gasteiger partial charge in [0.15, 0.2) is 0 Å². The van der Waals surface area contributed by atoms with E-state index >= 15 is 0 Å². The number of hydrogen-bond donors (Lipinski definition) is 1. The number of rotatable bonds is 19. The van der Waals surface area contributed by atoms with Gasteiger partial charge in [-0.1, -0.05) is 90.9 Å². The molecule has 2 atom stereocenters. The van der Waals surface area contributed by atoms with Gasteiger partial charge < -0.3 is 9.66 Å². The zero-order valence-corrected chi connectivity index (χ0v) is 21.1. The van der Waals surface area contributed by atoms with Gasteiger partial charge in [-0.3, -0.25) is 0 Å². The van der Waals surface area contributed by atoms with Crippen LogP contribution >= 0.6 is 0 Å². The van der Waals surface area contributed by atoms with Crippen molar-refractivity contribution < 1.29 is 47.6 Å². The Kier molecular flexibility index (Phi) is 22.4. The molecule has 0 amide bonds. The normalized spacial score (nSPS) is 13.9. The largest absolute Gasteiger partial charge is 1.00 e. The Morgan fingerprint density at radius 2 is 1.04 bits per heavy atom. The van der Waals surface area contributed by atoms with E-state index in [0.29, 0.717) is 25.7 Å². The Morgan fingerprint density at radius 1 is 0.667 bits per heavy atom. The fourth-order valence-corrected chi connectivity index (χ4v) is 4.38. The summed E-state index contributed by atoms with van der Waals surface area (Å²) in [5, 5.41) is 9.20. The fourth-order valence-electron chi connectivity index (χ4n) is 3.47. The van der Waals surface area contributed by atoms with Gasteiger partial charge in [-0.25, -0.2) is 8.42 Å². The van der Waals surface area contributed by atoms with Gasteiger partial charge in [0.1, 0.15) is 0 Å². The molecule has 158 valence electrons. The molecule has 0 aliphatic rings. The van der Waals surface area contributed by atoms with Crippen LogP contribution in [0.1, 0.15) is 123 Å². The summed E-state index contributed by atoms with van der Waals surface area (Å²) in [7, 11) is -4.22. The summed E-state index contributed by atoms with van der Waals surface area (Å²) < 4.78 is 34.4. The van der Waals surface area contributed by atoms with E-state index in [9.17, 15) is 18.1 Å². The van der Waals surface area contributed by atoms with Crippen LogP contribution in [0.3, 0.4) is 0 Å². The van der Waals surface area contributed by atoms with Crippen LogP contribution in [0.25, 0.3) is 0 Å². The molecule has 0 saturated carbocycles. The first-order valence-electron chi connectivity index (χ1n) is 11.0. The quantitative estimate of drug-likeness (QED) is 0.200. The average molecular weight is 415 g/mol. The molecule has 0 heterocycles. The van der Waals surface area contributed by atoms with Gasteiger partial charge in [-0.2, -0.15) is 0 Å². The molecule has 0 aromatic carbocycles. The maximum absolute atomic E-state index is 11.5. The zero-order valence-electron chi connectivity index (χ0n) is 18.3. The minimum atomic E-state index is -4.22. The molecule has 0 radical (unpaired) electrons. The summed E-state index contributed by atoms with van der Waals surface area (Å²) in [6, 6.07) is 0. The Hall–Kier alpha value is 0.870. The van der Waals surface area contributed by atoms with Crippen molar-refractivity contribution in [2.24, 2.45) is 0 Å². The van der Waals surface area contributed by atoms with Gasteiger partial charge in [0.2, 0.25) is 0 Å². The van der Waals surface area contributed by atoms with Crippen molar-refractivity contribution in [2.45, 2.75) is 134 Å². The van der Waals surface area contributed by atoms with Crippen LogP contribution in [0.5, 0.6) is 0 Å². The minimum Gasteiger partial charge on any atom is -0.748 e. The topological polar surface area (TPSA) is 77.4 Å². The third-order valence-electron chi connectivity index (χ3n) is 5.24. The Labute approximate surface area is 191 Å². The Bertz CT molecular complexity index is 401. The number of aliphatic hydroxyl groups is 1. The van der Waals surface area contributed by atoms with E-state index in [1.54, 1.807) is 0 Å². The Balaban J connectivity index is 0. The first-order valence-corrected chi connectivity index (χ1v) is 12.5. The second-order valence-electron chi connectivity index (χ2n) is 7.81. The van der Waals surface area contributed by atoms with E-state index in [0.717, 1.165) is 38.5 Å². The monoisotopic (exact) mass is 414 g/mol. The summed E-state index contributed by atoms with van der Waals surface area (Å²) in [4.78, 5) is 0. The first-order chi connectivity index (χ1) is 12.4. The van der Waals surface area contributed by atoms with E-state index in [-0.39, 0.29) is 35.7 Å². The summed E-state index contributed by atoms with van der Waals surface area (Å²) in [6.45, 7) is 4.36.